The third-order valence-corrected chi connectivity index (χ3v) is 2.93. The first-order chi connectivity index (χ1) is 9.22. The number of anilines is 1. The fourth-order valence-electron chi connectivity index (χ4n) is 1.87. The summed E-state index contributed by atoms with van der Waals surface area (Å²) < 4.78 is 9.78. The third kappa shape index (κ3) is 3.37. The average molecular weight is 259 g/mol. The summed E-state index contributed by atoms with van der Waals surface area (Å²) in [5.74, 6) is 0.636. The maximum absolute atomic E-state index is 11.0. The number of nitrogens with one attached hydrogen (secondary N) is 1. The second-order valence-electron chi connectivity index (χ2n) is 4.18. The van der Waals surface area contributed by atoms with Gasteiger partial charge in [0.15, 0.2) is 0 Å². The molecular weight excluding hydrogens is 242 g/mol. The van der Waals surface area contributed by atoms with E-state index in [-0.39, 0.29) is 5.97 Å². The number of carbonyl (C=O) groups excluding carboxylic acids is 1. The predicted octanol–water partition coefficient (Wildman–Crippen LogP) is 2.82. The van der Waals surface area contributed by atoms with Crippen LogP contribution in [0.2, 0.25) is 0 Å². The molecule has 0 amide bonds. The Hall–Kier alpha value is -2.23. The van der Waals surface area contributed by atoms with Crippen molar-refractivity contribution >= 4 is 22.4 Å². The summed E-state index contributed by atoms with van der Waals surface area (Å²) in [6.45, 7) is 0.564. The lowest BCUT2D eigenvalue weighted by molar-refractivity contribution is -0.140. The molecule has 100 valence electrons. The van der Waals surface area contributed by atoms with Crippen molar-refractivity contribution in [2.24, 2.45) is 0 Å². The van der Waals surface area contributed by atoms with Gasteiger partial charge in [0.05, 0.1) is 20.6 Å². The molecule has 4 heteroatoms. The quantitative estimate of drug-likeness (QED) is 0.839. The van der Waals surface area contributed by atoms with Crippen molar-refractivity contribution in [2.45, 2.75) is 6.42 Å². The summed E-state index contributed by atoms with van der Waals surface area (Å²) in [7, 11) is 3.05. The van der Waals surface area contributed by atoms with Gasteiger partial charge in [-0.25, -0.2) is 0 Å². The first-order valence-corrected chi connectivity index (χ1v) is 6.11. The van der Waals surface area contributed by atoms with Crippen LogP contribution in [0, 0.1) is 0 Å². The second-order valence-corrected chi connectivity index (χ2v) is 4.18. The van der Waals surface area contributed by atoms with Gasteiger partial charge in [0.1, 0.15) is 5.75 Å². The molecule has 0 heterocycles. The lowest BCUT2D eigenvalue weighted by Crippen LogP contribution is -2.09. The molecule has 4 nitrogen and oxygen atoms in total. The minimum Gasteiger partial charge on any atom is -0.497 e. The Morgan fingerprint density at radius 1 is 1.11 bits per heavy atom. The van der Waals surface area contributed by atoms with Gasteiger partial charge in [-0.15, -0.1) is 0 Å². The van der Waals surface area contributed by atoms with Gasteiger partial charge in [-0.05, 0) is 35.0 Å². The van der Waals surface area contributed by atoms with Crippen LogP contribution in [0.5, 0.6) is 5.75 Å². The fourth-order valence-corrected chi connectivity index (χ4v) is 1.87. The van der Waals surface area contributed by atoms with Crippen molar-refractivity contribution in [2.75, 3.05) is 26.1 Å². The van der Waals surface area contributed by atoms with Crippen LogP contribution in [0.25, 0.3) is 10.8 Å². The molecule has 19 heavy (non-hydrogen) atoms. The van der Waals surface area contributed by atoms with E-state index in [9.17, 15) is 4.79 Å². The smallest absolute Gasteiger partial charge is 0.307 e. The van der Waals surface area contributed by atoms with Gasteiger partial charge in [-0.2, -0.15) is 0 Å². The highest BCUT2D eigenvalue weighted by molar-refractivity contribution is 5.87. The molecule has 0 spiro atoms. The second kappa shape index (κ2) is 6.09. The number of fused-ring (bicyclic) bond motifs is 1. The molecule has 1 N–H and O–H groups in total. The Kier molecular flexibility index (Phi) is 4.23. The molecule has 0 aliphatic rings. The number of hydrogen-bond acceptors (Lipinski definition) is 4. The summed E-state index contributed by atoms with van der Waals surface area (Å²) in [5.41, 5.74) is 0.988. The van der Waals surface area contributed by atoms with Crippen LogP contribution in [0.15, 0.2) is 36.4 Å². The fraction of sp³-hybridized carbons (Fsp3) is 0.267. The van der Waals surface area contributed by atoms with E-state index in [2.05, 4.69) is 10.1 Å². The van der Waals surface area contributed by atoms with Crippen LogP contribution >= 0.6 is 0 Å². The van der Waals surface area contributed by atoms with E-state index in [4.69, 9.17) is 4.74 Å². The maximum atomic E-state index is 11.0. The number of methoxy groups -OCH3 is 2. The van der Waals surface area contributed by atoms with Crippen molar-refractivity contribution < 1.29 is 14.3 Å². The zero-order chi connectivity index (χ0) is 13.7. The molecule has 0 saturated carbocycles. The Morgan fingerprint density at radius 2 is 1.84 bits per heavy atom. The van der Waals surface area contributed by atoms with Crippen molar-refractivity contribution in [3.63, 3.8) is 0 Å². The zero-order valence-corrected chi connectivity index (χ0v) is 11.1. The number of carbonyl (C=O) groups is 1. The first kappa shape index (κ1) is 13.2. The molecule has 0 atom stereocenters. The Labute approximate surface area is 112 Å². The topological polar surface area (TPSA) is 47.6 Å². The van der Waals surface area contributed by atoms with E-state index < -0.39 is 0 Å². The predicted molar refractivity (Wildman–Crippen MR) is 75.6 cm³/mol. The Morgan fingerprint density at radius 3 is 2.58 bits per heavy atom. The van der Waals surface area contributed by atoms with Gasteiger partial charge in [-0.1, -0.05) is 12.1 Å². The monoisotopic (exact) mass is 259 g/mol. The molecule has 2 aromatic rings. The van der Waals surface area contributed by atoms with Crippen LogP contribution in [0.1, 0.15) is 6.42 Å². The van der Waals surface area contributed by atoms with Gasteiger partial charge in [0.25, 0.3) is 0 Å². The maximum Gasteiger partial charge on any atom is 0.307 e. The molecule has 0 bridgehead atoms. The molecule has 0 saturated heterocycles. The van der Waals surface area contributed by atoms with E-state index in [1.807, 2.05) is 36.4 Å². The van der Waals surface area contributed by atoms with Gasteiger partial charge >= 0.3 is 5.97 Å². The van der Waals surface area contributed by atoms with Crippen molar-refractivity contribution in [3.05, 3.63) is 36.4 Å². The highest BCUT2D eigenvalue weighted by Crippen LogP contribution is 2.23. The summed E-state index contributed by atoms with van der Waals surface area (Å²) in [6, 6.07) is 12.0. The third-order valence-electron chi connectivity index (χ3n) is 2.93. The standard InChI is InChI=1S/C15H17NO3/c1-18-14-6-4-11-9-13(5-3-12(11)10-14)16-8-7-15(17)19-2/h3-6,9-10,16H,7-8H2,1-2H3. The number of hydrogen-bond donors (Lipinski definition) is 1. The molecule has 0 radical (unpaired) electrons. The van der Waals surface area contributed by atoms with Crippen LogP contribution in [0.3, 0.4) is 0 Å². The number of benzene rings is 2. The van der Waals surface area contributed by atoms with E-state index in [0.717, 1.165) is 22.2 Å². The molecule has 2 aromatic carbocycles. The van der Waals surface area contributed by atoms with Crippen molar-refractivity contribution in [1.29, 1.82) is 0 Å². The molecule has 0 aliphatic heterocycles. The molecule has 0 aliphatic carbocycles. The van der Waals surface area contributed by atoms with Gasteiger partial charge in [-0.3, -0.25) is 4.79 Å². The summed E-state index contributed by atoms with van der Waals surface area (Å²) in [5, 5.41) is 5.45. The Bertz CT molecular complexity index is 581. The molecule has 0 aromatic heterocycles. The van der Waals surface area contributed by atoms with E-state index >= 15 is 0 Å². The largest absolute Gasteiger partial charge is 0.497 e. The lowest BCUT2D eigenvalue weighted by atomic mass is 10.1. The number of ether oxygens (including phenoxy) is 2. The minimum atomic E-state index is -0.210. The van der Waals surface area contributed by atoms with E-state index in [0.29, 0.717) is 13.0 Å². The van der Waals surface area contributed by atoms with E-state index in [1.165, 1.54) is 7.11 Å². The average Bonchev–Trinajstić information content (AvgIpc) is 2.46. The van der Waals surface area contributed by atoms with Crippen LogP contribution in [0.4, 0.5) is 5.69 Å². The van der Waals surface area contributed by atoms with Crippen molar-refractivity contribution in [1.82, 2.24) is 0 Å². The number of rotatable bonds is 5. The highest BCUT2D eigenvalue weighted by atomic mass is 16.5. The van der Waals surface area contributed by atoms with Gasteiger partial charge < -0.3 is 14.8 Å². The molecular formula is C15H17NO3. The van der Waals surface area contributed by atoms with Gasteiger partial charge in [0, 0.05) is 12.2 Å². The summed E-state index contributed by atoms with van der Waals surface area (Å²) in [4.78, 5) is 11.0. The van der Waals surface area contributed by atoms with Crippen molar-refractivity contribution in [3.8, 4) is 5.75 Å². The molecule has 2 rings (SSSR count). The lowest BCUT2D eigenvalue weighted by Gasteiger charge is -2.08. The molecule has 0 unspecified atom stereocenters. The summed E-state index contributed by atoms with van der Waals surface area (Å²) in [6.07, 6.45) is 0.358. The Balaban J connectivity index is 2.07. The highest BCUT2D eigenvalue weighted by Gasteiger charge is 2.01. The number of esters is 1. The zero-order valence-electron chi connectivity index (χ0n) is 11.1. The summed E-state index contributed by atoms with van der Waals surface area (Å²) >= 11 is 0. The van der Waals surface area contributed by atoms with Crippen LogP contribution < -0.4 is 10.1 Å². The SMILES string of the molecule is COC(=O)CCNc1ccc2cc(OC)ccc2c1. The van der Waals surface area contributed by atoms with Crippen LogP contribution in [-0.2, 0) is 9.53 Å². The normalized spacial score (nSPS) is 10.2. The van der Waals surface area contributed by atoms with Gasteiger partial charge in [0.2, 0.25) is 0 Å². The van der Waals surface area contributed by atoms with E-state index in [1.54, 1.807) is 7.11 Å². The molecule has 0 fully saturated rings. The minimum absolute atomic E-state index is 0.210. The first-order valence-electron chi connectivity index (χ1n) is 6.11. The van der Waals surface area contributed by atoms with Crippen LogP contribution in [-0.4, -0.2) is 26.7 Å².